The van der Waals surface area contributed by atoms with Crippen molar-refractivity contribution in [2.24, 2.45) is 5.92 Å². The van der Waals surface area contributed by atoms with Gasteiger partial charge in [-0.05, 0) is 25.7 Å². The third-order valence-corrected chi connectivity index (χ3v) is 4.53. The summed E-state index contributed by atoms with van der Waals surface area (Å²) in [5.74, 6) is 0.371. The minimum atomic E-state index is -0.322. The van der Waals surface area contributed by atoms with Crippen LogP contribution in [0.2, 0.25) is 0 Å². The zero-order valence-corrected chi connectivity index (χ0v) is 11.7. The van der Waals surface area contributed by atoms with Crippen LogP contribution < -0.4 is 5.32 Å². The summed E-state index contributed by atoms with van der Waals surface area (Å²) >= 11 is 1.54. The lowest BCUT2D eigenvalue weighted by Gasteiger charge is -2.27. The van der Waals surface area contributed by atoms with Crippen molar-refractivity contribution in [1.82, 2.24) is 15.2 Å². The molecule has 0 spiro atoms. The van der Waals surface area contributed by atoms with E-state index >= 15 is 0 Å². The highest BCUT2D eigenvalue weighted by atomic mass is 32.1. The molecule has 1 aliphatic carbocycles. The van der Waals surface area contributed by atoms with Crippen LogP contribution in [0.5, 0.6) is 0 Å². The molecule has 0 aromatic carbocycles. The SMILES string of the molecule is CC1CC(=O)NC(C2CC2)C(=O)N1Cc1nccs1. The van der Waals surface area contributed by atoms with Gasteiger partial charge in [0.2, 0.25) is 11.8 Å². The van der Waals surface area contributed by atoms with Gasteiger partial charge in [0.15, 0.2) is 0 Å². The summed E-state index contributed by atoms with van der Waals surface area (Å²) < 4.78 is 0. The first-order chi connectivity index (χ1) is 9.15. The van der Waals surface area contributed by atoms with Crippen LogP contribution in [0.3, 0.4) is 0 Å². The van der Waals surface area contributed by atoms with Gasteiger partial charge >= 0.3 is 0 Å². The Balaban J connectivity index is 1.82. The first kappa shape index (κ1) is 12.6. The van der Waals surface area contributed by atoms with Gasteiger partial charge in [0.25, 0.3) is 0 Å². The van der Waals surface area contributed by atoms with Crippen LogP contribution >= 0.6 is 11.3 Å². The van der Waals surface area contributed by atoms with Crippen LogP contribution in [0.25, 0.3) is 0 Å². The number of carbonyl (C=O) groups excluding carboxylic acids is 2. The molecule has 2 unspecified atom stereocenters. The summed E-state index contributed by atoms with van der Waals surface area (Å²) in [4.78, 5) is 30.5. The van der Waals surface area contributed by atoms with Gasteiger partial charge in [-0.15, -0.1) is 11.3 Å². The highest BCUT2D eigenvalue weighted by Crippen LogP contribution is 2.35. The first-order valence-electron chi connectivity index (χ1n) is 6.63. The summed E-state index contributed by atoms with van der Waals surface area (Å²) in [5.41, 5.74) is 0. The summed E-state index contributed by atoms with van der Waals surface area (Å²) in [5, 5.41) is 5.71. The van der Waals surface area contributed by atoms with Crippen molar-refractivity contribution in [3.05, 3.63) is 16.6 Å². The molecule has 0 bridgehead atoms. The lowest BCUT2D eigenvalue weighted by molar-refractivity contribution is -0.136. The van der Waals surface area contributed by atoms with Crippen molar-refractivity contribution in [1.29, 1.82) is 0 Å². The molecule has 2 aliphatic rings. The Kier molecular flexibility index (Phi) is 3.26. The second-order valence-corrected chi connectivity index (χ2v) is 6.31. The maximum atomic E-state index is 12.6. The number of carbonyl (C=O) groups is 2. The van der Waals surface area contributed by atoms with Gasteiger partial charge in [-0.1, -0.05) is 0 Å². The molecule has 5 nitrogen and oxygen atoms in total. The van der Waals surface area contributed by atoms with Crippen molar-refractivity contribution in [2.45, 2.75) is 44.8 Å². The highest BCUT2D eigenvalue weighted by molar-refractivity contribution is 7.09. The fourth-order valence-corrected chi connectivity index (χ4v) is 3.14. The van der Waals surface area contributed by atoms with Gasteiger partial charge in [-0.3, -0.25) is 9.59 Å². The Labute approximate surface area is 116 Å². The second kappa shape index (κ2) is 4.92. The number of nitrogens with zero attached hydrogens (tertiary/aromatic N) is 2. The monoisotopic (exact) mass is 279 g/mol. The first-order valence-corrected chi connectivity index (χ1v) is 7.51. The van der Waals surface area contributed by atoms with Crippen LogP contribution in [0.1, 0.15) is 31.2 Å². The van der Waals surface area contributed by atoms with Gasteiger partial charge in [-0.25, -0.2) is 4.98 Å². The summed E-state index contributed by atoms with van der Waals surface area (Å²) in [6.45, 7) is 2.44. The van der Waals surface area contributed by atoms with Crippen LogP contribution in [-0.4, -0.2) is 33.8 Å². The molecule has 2 heterocycles. The van der Waals surface area contributed by atoms with Crippen molar-refractivity contribution in [3.8, 4) is 0 Å². The number of thiazole rings is 1. The number of hydrogen-bond donors (Lipinski definition) is 1. The lowest BCUT2D eigenvalue weighted by Crippen LogP contribution is -2.47. The molecule has 1 aliphatic heterocycles. The Morgan fingerprint density at radius 3 is 2.89 bits per heavy atom. The standard InChI is InChI=1S/C13H17N3O2S/c1-8-6-10(17)15-12(9-2-3-9)13(18)16(8)7-11-14-4-5-19-11/h4-5,8-9,12H,2-3,6-7H2,1H3,(H,15,17). The largest absolute Gasteiger partial charge is 0.344 e. The maximum Gasteiger partial charge on any atom is 0.246 e. The van der Waals surface area contributed by atoms with E-state index in [0.717, 1.165) is 17.8 Å². The maximum absolute atomic E-state index is 12.6. The Morgan fingerprint density at radius 1 is 1.47 bits per heavy atom. The molecule has 102 valence electrons. The van der Waals surface area contributed by atoms with Crippen molar-refractivity contribution in [2.75, 3.05) is 0 Å². The van der Waals surface area contributed by atoms with E-state index in [1.165, 1.54) is 0 Å². The number of nitrogens with one attached hydrogen (secondary N) is 1. The zero-order valence-electron chi connectivity index (χ0n) is 10.8. The molecular weight excluding hydrogens is 262 g/mol. The third kappa shape index (κ3) is 2.63. The lowest BCUT2D eigenvalue weighted by atomic mass is 10.1. The van der Waals surface area contributed by atoms with E-state index in [9.17, 15) is 9.59 Å². The van der Waals surface area contributed by atoms with E-state index in [4.69, 9.17) is 0 Å². The van der Waals surface area contributed by atoms with E-state index < -0.39 is 0 Å². The summed E-state index contributed by atoms with van der Waals surface area (Å²) in [7, 11) is 0. The Morgan fingerprint density at radius 2 is 2.26 bits per heavy atom. The molecule has 1 saturated heterocycles. The zero-order chi connectivity index (χ0) is 13.4. The van der Waals surface area contributed by atoms with Gasteiger partial charge in [0, 0.05) is 24.0 Å². The molecular formula is C13H17N3O2S. The summed E-state index contributed by atoms with van der Waals surface area (Å²) in [6, 6.07) is -0.391. The third-order valence-electron chi connectivity index (χ3n) is 3.76. The van der Waals surface area contributed by atoms with Gasteiger partial charge in [-0.2, -0.15) is 0 Å². The van der Waals surface area contributed by atoms with Crippen LogP contribution in [0, 0.1) is 5.92 Å². The topological polar surface area (TPSA) is 62.3 Å². The molecule has 2 fully saturated rings. The van der Waals surface area contributed by atoms with E-state index in [2.05, 4.69) is 10.3 Å². The van der Waals surface area contributed by atoms with Crippen LogP contribution in [-0.2, 0) is 16.1 Å². The van der Waals surface area contributed by atoms with E-state index in [1.807, 2.05) is 12.3 Å². The second-order valence-electron chi connectivity index (χ2n) is 5.33. The molecule has 2 atom stereocenters. The molecule has 1 saturated carbocycles. The van der Waals surface area contributed by atoms with E-state index in [0.29, 0.717) is 18.9 Å². The molecule has 19 heavy (non-hydrogen) atoms. The molecule has 2 amide bonds. The van der Waals surface area contributed by atoms with Gasteiger partial charge in [0.1, 0.15) is 11.0 Å². The number of hydrogen-bond acceptors (Lipinski definition) is 4. The van der Waals surface area contributed by atoms with Gasteiger partial charge in [0.05, 0.1) is 6.54 Å². The quantitative estimate of drug-likeness (QED) is 0.903. The predicted molar refractivity (Wildman–Crippen MR) is 71.4 cm³/mol. The van der Waals surface area contributed by atoms with E-state index in [-0.39, 0.29) is 23.9 Å². The molecule has 1 aromatic heterocycles. The average Bonchev–Trinajstić information content (AvgIpc) is 3.09. The average molecular weight is 279 g/mol. The predicted octanol–water partition coefficient (Wildman–Crippen LogP) is 1.16. The van der Waals surface area contributed by atoms with Crippen molar-refractivity contribution < 1.29 is 9.59 Å². The molecule has 6 heteroatoms. The molecule has 0 radical (unpaired) electrons. The Hall–Kier alpha value is -1.43. The fourth-order valence-electron chi connectivity index (χ4n) is 2.53. The van der Waals surface area contributed by atoms with Crippen LogP contribution in [0.4, 0.5) is 0 Å². The van der Waals surface area contributed by atoms with Crippen LogP contribution in [0.15, 0.2) is 11.6 Å². The van der Waals surface area contributed by atoms with E-state index in [1.54, 1.807) is 22.4 Å². The van der Waals surface area contributed by atoms with Gasteiger partial charge < -0.3 is 10.2 Å². The molecule has 1 N–H and O–H groups in total. The molecule has 1 aromatic rings. The van der Waals surface area contributed by atoms with Crippen molar-refractivity contribution in [3.63, 3.8) is 0 Å². The molecule has 3 rings (SSSR count). The normalized spacial score (nSPS) is 28.2. The highest BCUT2D eigenvalue weighted by Gasteiger charge is 2.42. The summed E-state index contributed by atoms with van der Waals surface area (Å²) in [6.07, 6.45) is 4.20. The van der Waals surface area contributed by atoms with Crippen molar-refractivity contribution >= 4 is 23.2 Å². The minimum absolute atomic E-state index is 0.0145. The number of amides is 2. The Bertz CT molecular complexity index is 484. The minimum Gasteiger partial charge on any atom is -0.344 e. The fraction of sp³-hybridized carbons (Fsp3) is 0.615. The number of rotatable bonds is 3. The number of aromatic nitrogens is 1. The smallest absolute Gasteiger partial charge is 0.246 e.